The minimum Gasteiger partial charge on any atom is -0.507 e. The zero-order chi connectivity index (χ0) is 27.4. The minimum atomic E-state index is -2.79. The summed E-state index contributed by atoms with van der Waals surface area (Å²) in [4.78, 5) is 69.6. The summed E-state index contributed by atoms with van der Waals surface area (Å²) < 4.78 is 15.9. The van der Waals surface area contributed by atoms with E-state index in [-0.39, 0.29) is 29.7 Å². The third-order valence-corrected chi connectivity index (χ3v) is 9.69. The number of phenolic OH excluding ortho intramolecular Hbond substituents is 1. The third kappa shape index (κ3) is 3.06. The minimum absolute atomic E-state index is 0.0334. The van der Waals surface area contributed by atoms with Crippen LogP contribution in [-0.2, 0) is 38.7 Å². The molecule has 0 radical (unpaired) electrons. The van der Waals surface area contributed by atoms with Crippen LogP contribution in [0.25, 0.3) is 0 Å². The van der Waals surface area contributed by atoms with Crippen molar-refractivity contribution in [2.45, 2.75) is 62.9 Å². The van der Waals surface area contributed by atoms with Crippen LogP contribution in [0.5, 0.6) is 5.75 Å². The number of nitrogens with zero attached hydrogens (tertiary/aromatic N) is 2. The summed E-state index contributed by atoms with van der Waals surface area (Å²) in [7, 11) is 3.03. The van der Waals surface area contributed by atoms with Crippen molar-refractivity contribution in [3.8, 4) is 5.75 Å². The molecule has 0 bridgehead atoms. The summed E-state index contributed by atoms with van der Waals surface area (Å²) in [5.74, 6) is -11.9. The summed E-state index contributed by atoms with van der Waals surface area (Å²) in [5.41, 5.74) is 2.99. The molecule has 1 heterocycles. The van der Waals surface area contributed by atoms with Crippen molar-refractivity contribution in [3.63, 3.8) is 0 Å². The summed E-state index contributed by atoms with van der Waals surface area (Å²) in [6.45, 7) is 0.624. The normalized spacial score (nSPS) is 35.0. The molecule has 3 saturated carbocycles. The van der Waals surface area contributed by atoms with Crippen molar-refractivity contribution in [1.82, 2.24) is 9.80 Å². The molecule has 10 nitrogen and oxygen atoms in total. The number of amides is 1. The Hall–Kier alpha value is -3.02. The monoisotopic (exact) mass is 527 g/mol. The molecular weight excluding hydrogens is 497 g/mol. The van der Waals surface area contributed by atoms with Gasteiger partial charge in [0, 0.05) is 41.7 Å². The van der Waals surface area contributed by atoms with Gasteiger partial charge in [-0.25, -0.2) is 4.39 Å². The van der Waals surface area contributed by atoms with Gasteiger partial charge in [0.1, 0.15) is 11.6 Å². The molecule has 6 atom stereocenters. The van der Waals surface area contributed by atoms with Crippen LogP contribution in [-0.4, -0.2) is 80.8 Å². The van der Waals surface area contributed by atoms with Crippen molar-refractivity contribution in [2.24, 2.45) is 29.4 Å². The van der Waals surface area contributed by atoms with Gasteiger partial charge in [0.05, 0.1) is 17.5 Å². The van der Waals surface area contributed by atoms with E-state index in [0.717, 1.165) is 19.3 Å². The van der Waals surface area contributed by atoms with E-state index in [1.54, 1.807) is 0 Å². The molecule has 0 saturated heterocycles. The Labute approximate surface area is 217 Å². The second kappa shape index (κ2) is 8.24. The number of hydrogen-bond donors (Lipinski definition) is 3. The van der Waals surface area contributed by atoms with E-state index in [0.29, 0.717) is 30.3 Å². The Kier molecular flexibility index (Phi) is 5.48. The van der Waals surface area contributed by atoms with Gasteiger partial charge in [0.15, 0.2) is 34.7 Å². The first kappa shape index (κ1) is 25.3. The Morgan fingerprint density at radius 3 is 2.32 bits per heavy atom. The average Bonchev–Trinajstić information content (AvgIpc) is 3.23. The zero-order valence-electron chi connectivity index (χ0n) is 21.2. The number of rotatable bonds is 3. The van der Waals surface area contributed by atoms with E-state index in [9.17, 15) is 34.2 Å². The first-order valence-electron chi connectivity index (χ1n) is 13.0. The standard InChI is InChI=1S/C27H30FN3O7/c1-30(2)20-15-7-10-6-12-17(21(32)14-9-31(11-4-3-5-11)8-13(14)19(12)28)22(33)16(10)24(35)27(15,38)25(36)18(23(20)34)26(29)37/h10-11,15-16,18,20,32,38H,3-9H2,1-2H3,(H2,29,37)/t10-,15-,16?,18?,20-,27-/m0/s1. The highest BCUT2D eigenvalue weighted by molar-refractivity contribution is 6.32. The number of Topliss-reactive ketones (excluding diaryl/α,β-unsaturated/α-hetero) is 4. The molecule has 4 aliphatic carbocycles. The highest BCUT2D eigenvalue weighted by atomic mass is 19.1. The molecule has 0 spiro atoms. The molecule has 1 aromatic carbocycles. The highest BCUT2D eigenvalue weighted by Crippen LogP contribution is 2.52. The fourth-order valence-corrected chi connectivity index (χ4v) is 7.61. The zero-order valence-corrected chi connectivity index (χ0v) is 21.2. The number of ketones is 4. The van der Waals surface area contributed by atoms with Crippen LogP contribution in [0.2, 0.25) is 0 Å². The second-order valence-corrected chi connectivity index (χ2v) is 11.8. The molecule has 11 heteroatoms. The molecule has 3 fully saturated rings. The summed E-state index contributed by atoms with van der Waals surface area (Å²) in [6.07, 6.45) is 2.89. The molecule has 1 aromatic rings. The lowest BCUT2D eigenvalue weighted by molar-refractivity contribution is -0.181. The Bertz CT molecular complexity index is 1340. The Morgan fingerprint density at radius 2 is 1.74 bits per heavy atom. The summed E-state index contributed by atoms with van der Waals surface area (Å²) in [5, 5.41) is 22.8. The number of aromatic hydroxyl groups is 1. The fourth-order valence-electron chi connectivity index (χ4n) is 7.61. The van der Waals surface area contributed by atoms with Crippen molar-refractivity contribution in [1.29, 1.82) is 0 Å². The molecule has 0 aromatic heterocycles. The molecule has 6 rings (SSSR count). The Balaban J connectivity index is 1.44. The van der Waals surface area contributed by atoms with Crippen molar-refractivity contribution < 1.29 is 38.6 Å². The van der Waals surface area contributed by atoms with E-state index in [2.05, 4.69) is 4.90 Å². The number of carbonyl (C=O) groups excluding carboxylic acids is 5. The number of likely N-dealkylation sites (N-methyl/N-ethyl adjacent to an activating group) is 1. The van der Waals surface area contributed by atoms with Gasteiger partial charge in [0.25, 0.3) is 0 Å². The molecule has 5 aliphatic rings. The third-order valence-electron chi connectivity index (χ3n) is 9.69. The lowest BCUT2D eigenvalue weighted by Gasteiger charge is -2.52. The summed E-state index contributed by atoms with van der Waals surface area (Å²) >= 11 is 0. The van der Waals surface area contributed by atoms with E-state index in [1.165, 1.54) is 19.0 Å². The van der Waals surface area contributed by atoms with Gasteiger partial charge in [-0.15, -0.1) is 0 Å². The molecule has 38 heavy (non-hydrogen) atoms. The molecule has 202 valence electrons. The first-order valence-corrected chi connectivity index (χ1v) is 13.0. The number of benzene rings is 1. The first-order chi connectivity index (χ1) is 17.9. The van der Waals surface area contributed by atoms with E-state index < -0.39 is 70.2 Å². The maximum absolute atomic E-state index is 15.9. The maximum Gasteiger partial charge on any atom is 0.235 e. The van der Waals surface area contributed by atoms with Crippen LogP contribution >= 0.6 is 0 Å². The lowest BCUT2D eigenvalue weighted by atomic mass is 9.52. The number of carbonyl (C=O) groups is 5. The Morgan fingerprint density at radius 1 is 1.08 bits per heavy atom. The predicted octanol–water partition coefficient (Wildman–Crippen LogP) is -0.126. The molecule has 1 aliphatic heterocycles. The van der Waals surface area contributed by atoms with E-state index >= 15 is 4.39 Å². The number of nitrogens with two attached hydrogens (primary N) is 1. The largest absolute Gasteiger partial charge is 0.507 e. The number of hydrogen-bond acceptors (Lipinski definition) is 9. The van der Waals surface area contributed by atoms with Crippen molar-refractivity contribution in [3.05, 3.63) is 28.1 Å². The van der Waals surface area contributed by atoms with Crippen LogP contribution in [0.3, 0.4) is 0 Å². The molecular formula is C27H30FN3O7. The van der Waals surface area contributed by atoms with Crippen LogP contribution in [0.15, 0.2) is 0 Å². The van der Waals surface area contributed by atoms with Crippen LogP contribution in [0.1, 0.15) is 52.7 Å². The van der Waals surface area contributed by atoms with Gasteiger partial charge in [-0.05, 0) is 45.7 Å². The maximum atomic E-state index is 15.9. The van der Waals surface area contributed by atoms with Crippen molar-refractivity contribution in [2.75, 3.05) is 14.1 Å². The van der Waals surface area contributed by atoms with Gasteiger partial charge in [-0.1, -0.05) is 6.42 Å². The highest BCUT2D eigenvalue weighted by Gasteiger charge is 2.69. The number of primary amides is 1. The van der Waals surface area contributed by atoms with Gasteiger partial charge < -0.3 is 15.9 Å². The number of fused-ring (bicyclic) bond motifs is 4. The topological polar surface area (TPSA) is 158 Å². The molecule has 2 unspecified atom stereocenters. The van der Waals surface area contributed by atoms with Gasteiger partial charge in [-0.2, -0.15) is 0 Å². The van der Waals surface area contributed by atoms with Crippen LogP contribution < -0.4 is 5.73 Å². The smallest absolute Gasteiger partial charge is 0.235 e. The SMILES string of the molecule is CN(C)[C@@H]1C(=O)C(C(N)=O)C(=O)[C@@]2(O)C(=O)C3C(=O)c4c(O)c5c(c(F)c4C[C@H]3C[C@@H]12)CN(C1CCC1)C5. The molecule has 4 N–H and O–H groups in total. The van der Waals surface area contributed by atoms with Crippen molar-refractivity contribution >= 4 is 29.0 Å². The lowest BCUT2D eigenvalue weighted by Crippen LogP contribution is -2.74. The van der Waals surface area contributed by atoms with E-state index in [1.807, 2.05) is 0 Å². The predicted molar refractivity (Wildman–Crippen MR) is 128 cm³/mol. The second-order valence-electron chi connectivity index (χ2n) is 11.8. The number of aliphatic hydroxyl groups is 1. The summed E-state index contributed by atoms with van der Waals surface area (Å²) in [6, 6.07) is -0.897. The van der Waals surface area contributed by atoms with Gasteiger partial charge in [0.2, 0.25) is 5.91 Å². The van der Waals surface area contributed by atoms with E-state index in [4.69, 9.17) is 5.73 Å². The van der Waals surface area contributed by atoms with Crippen LogP contribution in [0, 0.1) is 29.5 Å². The average molecular weight is 528 g/mol. The number of halogens is 1. The quantitative estimate of drug-likeness (QED) is 0.456. The van der Waals surface area contributed by atoms with Gasteiger partial charge in [-0.3, -0.25) is 33.8 Å². The number of phenols is 1. The van der Waals surface area contributed by atoms with Gasteiger partial charge >= 0.3 is 0 Å². The van der Waals surface area contributed by atoms with Crippen LogP contribution in [0.4, 0.5) is 4.39 Å². The fraction of sp³-hybridized carbons (Fsp3) is 0.593. The molecule has 1 amide bonds.